The van der Waals surface area contributed by atoms with Gasteiger partial charge in [0.1, 0.15) is 6.54 Å². The van der Waals surface area contributed by atoms with Crippen molar-refractivity contribution in [3.8, 4) is 0 Å². The number of carbonyl (C=O) groups is 2. The van der Waals surface area contributed by atoms with Gasteiger partial charge in [-0.05, 0) is 12.3 Å². The van der Waals surface area contributed by atoms with Gasteiger partial charge in [-0.1, -0.05) is 84.5 Å². The van der Waals surface area contributed by atoms with Crippen LogP contribution >= 0.6 is 0 Å². The van der Waals surface area contributed by atoms with Crippen molar-refractivity contribution in [2.75, 3.05) is 27.7 Å². The molecule has 0 aliphatic heterocycles. The van der Waals surface area contributed by atoms with Crippen LogP contribution in [0.1, 0.15) is 104 Å². The second-order valence-electron chi connectivity index (χ2n) is 10.0. The van der Waals surface area contributed by atoms with Gasteiger partial charge in [0.15, 0.2) is 6.10 Å². The van der Waals surface area contributed by atoms with Crippen LogP contribution in [0.2, 0.25) is 0 Å². The highest BCUT2D eigenvalue weighted by Crippen LogP contribution is 2.14. The smallest absolute Gasteiger partial charge is 0.307 e. The molecule has 0 radical (unpaired) electrons. The maximum absolute atomic E-state index is 12.0. The average Bonchev–Trinajstić information content (AvgIpc) is 2.56. The van der Waals surface area contributed by atoms with Gasteiger partial charge in [-0.3, -0.25) is 9.59 Å². The van der Waals surface area contributed by atoms with Gasteiger partial charge in [0.25, 0.3) is 0 Å². The van der Waals surface area contributed by atoms with Crippen LogP contribution < -0.4 is 0 Å². The number of carbonyl (C=O) groups excluding carboxylic acids is 1. The number of carboxylic acid groups (broad SMARTS) is 1. The van der Waals surface area contributed by atoms with Crippen LogP contribution in [-0.4, -0.2) is 55.3 Å². The van der Waals surface area contributed by atoms with E-state index in [-0.39, 0.29) is 12.4 Å². The molecule has 0 heterocycles. The predicted molar refractivity (Wildman–Crippen MR) is 120 cm³/mol. The molecule has 5 nitrogen and oxygen atoms in total. The molecule has 172 valence electrons. The lowest BCUT2D eigenvalue weighted by Gasteiger charge is -2.28. The van der Waals surface area contributed by atoms with Crippen LogP contribution in [0.3, 0.4) is 0 Å². The summed E-state index contributed by atoms with van der Waals surface area (Å²) >= 11 is 0. The third-order valence-corrected chi connectivity index (χ3v) is 5.11. The summed E-state index contributed by atoms with van der Waals surface area (Å²) in [5.74, 6) is -0.347. The number of quaternary nitrogens is 1. The van der Waals surface area contributed by atoms with E-state index in [1.54, 1.807) is 0 Å². The lowest BCUT2D eigenvalue weighted by Crippen LogP contribution is -2.43. The van der Waals surface area contributed by atoms with E-state index in [2.05, 4.69) is 13.8 Å². The molecule has 0 aromatic heterocycles. The summed E-state index contributed by atoms with van der Waals surface area (Å²) in [6, 6.07) is 0. The molecule has 0 fully saturated rings. The predicted octanol–water partition coefficient (Wildman–Crippen LogP) is 5.81. The molecule has 0 aromatic rings. The minimum absolute atomic E-state index is 0.126. The zero-order chi connectivity index (χ0) is 22.1. The fourth-order valence-corrected chi connectivity index (χ4v) is 3.61. The number of aliphatic carboxylic acids is 1. The summed E-state index contributed by atoms with van der Waals surface area (Å²) in [6.45, 7) is 5.10. The number of esters is 1. The van der Waals surface area contributed by atoms with Crippen molar-refractivity contribution in [2.45, 2.75) is 110 Å². The second-order valence-corrected chi connectivity index (χ2v) is 10.0. The first kappa shape index (κ1) is 27.9. The first-order valence-electron chi connectivity index (χ1n) is 11.8. The number of ether oxygens (including phenoxy) is 1. The lowest BCUT2D eigenvalue weighted by molar-refractivity contribution is -0.873. The molecule has 0 aliphatic carbocycles. The Hall–Kier alpha value is -1.10. The third kappa shape index (κ3) is 21.4. The monoisotopic (exact) mass is 414 g/mol. The number of nitrogens with zero attached hydrogens (tertiary/aromatic N) is 1. The van der Waals surface area contributed by atoms with E-state index >= 15 is 0 Å². The molecule has 0 saturated heterocycles. The third-order valence-electron chi connectivity index (χ3n) is 5.11. The van der Waals surface area contributed by atoms with Gasteiger partial charge in [-0.15, -0.1) is 0 Å². The summed E-state index contributed by atoms with van der Waals surface area (Å²) in [5.41, 5.74) is 0. The van der Waals surface area contributed by atoms with Crippen molar-refractivity contribution < 1.29 is 23.9 Å². The van der Waals surface area contributed by atoms with Crippen molar-refractivity contribution in [2.24, 2.45) is 5.92 Å². The standard InChI is InChI=1S/C24H47NO4/c1-21(2)17-15-13-11-9-7-6-8-10-12-14-16-18-24(28)29-22(19-23(26)27)20-25(3,4)5/h21-22H,6-20H2,1-5H3/p+1. The quantitative estimate of drug-likeness (QED) is 0.165. The SMILES string of the molecule is CC(C)CCCCCCCCCCCCCC(=O)OC(CC(=O)O)C[N+](C)(C)C. The Balaban J connectivity index is 3.61. The zero-order valence-electron chi connectivity index (χ0n) is 19.9. The Morgan fingerprint density at radius 3 is 1.66 bits per heavy atom. The van der Waals surface area contributed by atoms with Gasteiger partial charge in [0, 0.05) is 6.42 Å². The van der Waals surface area contributed by atoms with Crippen LogP contribution in [0.5, 0.6) is 0 Å². The molecule has 0 amide bonds. The molecule has 0 saturated carbocycles. The van der Waals surface area contributed by atoms with Crippen LogP contribution in [0.4, 0.5) is 0 Å². The summed E-state index contributed by atoms with van der Waals surface area (Å²) in [7, 11) is 5.90. The van der Waals surface area contributed by atoms with Crippen LogP contribution in [-0.2, 0) is 14.3 Å². The Labute approximate surface area is 179 Å². The van der Waals surface area contributed by atoms with Gasteiger partial charge in [-0.2, -0.15) is 0 Å². The molecule has 0 aliphatic rings. The summed E-state index contributed by atoms with van der Waals surface area (Å²) < 4.78 is 5.99. The number of unbranched alkanes of at least 4 members (excludes halogenated alkanes) is 10. The van der Waals surface area contributed by atoms with Gasteiger partial charge in [0.05, 0.1) is 27.6 Å². The molecular formula is C24H48NO4+. The molecule has 0 rings (SSSR count). The van der Waals surface area contributed by atoms with E-state index in [1.807, 2.05) is 21.1 Å². The van der Waals surface area contributed by atoms with E-state index in [1.165, 1.54) is 64.2 Å². The molecule has 1 atom stereocenters. The Bertz CT molecular complexity index is 429. The highest BCUT2D eigenvalue weighted by Gasteiger charge is 2.24. The molecule has 29 heavy (non-hydrogen) atoms. The van der Waals surface area contributed by atoms with Gasteiger partial charge < -0.3 is 14.3 Å². The summed E-state index contributed by atoms with van der Waals surface area (Å²) in [4.78, 5) is 23.0. The van der Waals surface area contributed by atoms with Crippen LogP contribution in [0.15, 0.2) is 0 Å². The van der Waals surface area contributed by atoms with Crippen LogP contribution in [0.25, 0.3) is 0 Å². The molecular weight excluding hydrogens is 366 g/mol. The fraction of sp³-hybridized carbons (Fsp3) is 0.917. The maximum atomic E-state index is 12.0. The molecule has 1 unspecified atom stereocenters. The molecule has 5 heteroatoms. The van der Waals surface area contributed by atoms with E-state index in [9.17, 15) is 9.59 Å². The van der Waals surface area contributed by atoms with Gasteiger partial charge >= 0.3 is 11.9 Å². The normalized spacial score (nSPS) is 12.9. The van der Waals surface area contributed by atoms with E-state index in [0.29, 0.717) is 17.4 Å². The minimum atomic E-state index is -0.924. The van der Waals surface area contributed by atoms with E-state index in [4.69, 9.17) is 9.84 Å². The lowest BCUT2D eigenvalue weighted by atomic mass is 10.0. The molecule has 0 bridgehead atoms. The van der Waals surface area contributed by atoms with E-state index in [0.717, 1.165) is 18.8 Å². The number of likely N-dealkylation sites (N-methyl/N-ethyl adjacent to an activating group) is 1. The zero-order valence-corrected chi connectivity index (χ0v) is 19.9. The molecule has 0 aromatic carbocycles. The number of hydrogen-bond donors (Lipinski definition) is 1. The average molecular weight is 415 g/mol. The van der Waals surface area contributed by atoms with Crippen molar-refractivity contribution in [1.29, 1.82) is 0 Å². The highest BCUT2D eigenvalue weighted by atomic mass is 16.5. The number of hydrogen-bond acceptors (Lipinski definition) is 3. The number of rotatable bonds is 19. The highest BCUT2D eigenvalue weighted by molar-refractivity contribution is 5.71. The van der Waals surface area contributed by atoms with Crippen molar-refractivity contribution in [1.82, 2.24) is 0 Å². The van der Waals surface area contributed by atoms with E-state index < -0.39 is 12.1 Å². The fourth-order valence-electron chi connectivity index (χ4n) is 3.61. The van der Waals surface area contributed by atoms with Gasteiger partial charge in [0.2, 0.25) is 0 Å². The van der Waals surface area contributed by atoms with Crippen molar-refractivity contribution in [3.05, 3.63) is 0 Å². The Kier molecular flexibility index (Phi) is 16.0. The second kappa shape index (κ2) is 16.7. The largest absolute Gasteiger partial charge is 0.481 e. The molecule has 0 spiro atoms. The minimum Gasteiger partial charge on any atom is -0.481 e. The first-order valence-corrected chi connectivity index (χ1v) is 11.8. The number of carboxylic acids is 1. The maximum Gasteiger partial charge on any atom is 0.307 e. The molecule has 1 N–H and O–H groups in total. The first-order chi connectivity index (χ1) is 13.6. The van der Waals surface area contributed by atoms with Crippen molar-refractivity contribution >= 4 is 11.9 Å². The topological polar surface area (TPSA) is 63.6 Å². The summed E-state index contributed by atoms with van der Waals surface area (Å²) in [6.07, 6.45) is 14.9. The van der Waals surface area contributed by atoms with Gasteiger partial charge in [-0.25, -0.2) is 0 Å². The van der Waals surface area contributed by atoms with Crippen LogP contribution in [0, 0.1) is 5.92 Å². The summed E-state index contributed by atoms with van der Waals surface area (Å²) in [5, 5.41) is 9.00. The Morgan fingerprint density at radius 1 is 0.793 bits per heavy atom. The van der Waals surface area contributed by atoms with Crippen molar-refractivity contribution in [3.63, 3.8) is 0 Å². The Morgan fingerprint density at radius 2 is 1.24 bits per heavy atom.